The van der Waals surface area contributed by atoms with Gasteiger partial charge in [0.05, 0.1) is 11.8 Å². The molecule has 1 aromatic heterocycles. The van der Waals surface area contributed by atoms with Gasteiger partial charge >= 0.3 is 0 Å². The van der Waals surface area contributed by atoms with Crippen LogP contribution in [0.3, 0.4) is 0 Å². The molecule has 0 unspecified atom stereocenters. The summed E-state index contributed by atoms with van der Waals surface area (Å²) in [6, 6.07) is 2.02. The van der Waals surface area contributed by atoms with Gasteiger partial charge < -0.3 is 14.9 Å². The molecule has 2 heterocycles. The summed E-state index contributed by atoms with van der Waals surface area (Å²) in [4.78, 5) is 20.1. The highest BCUT2D eigenvalue weighted by Gasteiger charge is 2.24. The largest absolute Gasteiger partial charge is 0.506 e. The number of carbonyl (C=O) groups excluding carboxylic acids is 1. The normalized spacial score (nSPS) is 17.2. The molecule has 0 aliphatic carbocycles. The Kier molecular flexibility index (Phi) is 3.81. The third-order valence-electron chi connectivity index (χ3n) is 3.45. The zero-order valence-corrected chi connectivity index (χ0v) is 10.8. The van der Waals surface area contributed by atoms with Crippen molar-refractivity contribution in [3.05, 3.63) is 24.0 Å². The third kappa shape index (κ3) is 2.79. The molecule has 0 aromatic carbocycles. The highest BCUT2D eigenvalue weighted by molar-refractivity contribution is 5.94. The van der Waals surface area contributed by atoms with Crippen molar-refractivity contribution in [1.82, 2.24) is 14.8 Å². The fourth-order valence-corrected chi connectivity index (χ4v) is 2.31. The van der Waals surface area contributed by atoms with E-state index >= 15 is 0 Å². The molecule has 0 saturated carbocycles. The topological polar surface area (TPSA) is 56.7 Å². The molecule has 1 saturated heterocycles. The molecule has 18 heavy (non-hydrogen) atoms. The van der Waals surface area contributed by atoms with Crippen molar-refractivity contribution in [2.24, 2.45) is 0 Å². The molecule has 1 N–H and O–H groups in total. The number of amides is 1. The van der Waals surface area contributed by atoms with E-state index in [1.54, 1.807) is 0 Å². The molecule has 98 valence electrons. The fourth-order valence-electron chi connectivity index (χ4n) is 2.31. The van der Waals surface area contributed by atoms with Crippen LogP contribution in [0.2, 0.25) is 0 Å². The Morgan fingerprint density at radius 1 is 1.39 bits per heavy atom. The number of aromatic nitrogens is 1. The number of carbonyl (C=O) groups is 1. The van der Waals surface area contributed by atoms with Crippen LogP contribution in [0.25, 0.3) is 0 Å². The molecular weight excluding hydrogens is 230 g/mol. The molecule has 1 amide bonds. The van der Waals surface area contributed by atoms with E-state index in [1.165, 1.54) is 18.5 Å². The van der Waals surface area contributed by atoms with Gasteiger partial charge in [-0.15, -0.1) is 0 Å². The molecular formula is C13H19N3O2. The highest BCUT2D eigenvalue weighted by Crippen LogP contribution is 2.17. The van der Waals surface area contributed by atoms with E-state index in [4.69, 9.17) is 0 Å². The number of nitrogens with zero attached hydrogens (tertiary/aromatic N) is 3. The minimum absolute atomic E-state index is 0.0315. The van der Waals surface area contributed by atoms with Crippen LogP contribution in [0.1, 0.15) is 23.2 Å². The first-order valence-electron chi connectivity index (χ1n) is 6.17. The lowest BCUT2D eigenvalue weighted by molar-refractivity contribution is 0.0662. The van der Waals surface area contributed by atoms with E-state index in [9.17, 15) is 9.90 Å². The van der Waals surface area contributed by atoms with Crippen molar-refractivity contribution in [3.63, 3.8) is 0 Å². The SMILES string of the molecule is CN(C)C1CCN(C(=O)c2cncc(O)c2)CC1. The van der Waals surface area contributed by atoms with Crippen molar-refractivity contribution >= 4 is 5.91 Å². The average molecular weight is 249 g/mol. The van der Waals surface area contributed by atoms with E-state index < -0.39 is 0 Å². The summed E-state index contributed by atoms with van der Waals surface area (Å²) in [6.45, 7) is 1.52. The Morgan fingerprint density at radius 3 is 2.61 bits per heavy atom. The molecule has 0 spiro atoms. The van der Waals surface area contributed by atoms with Crippen LogP contribution in [0.15, 0.2) is 18.5 Å². The van der Waals surface area contributed by atoms with Gasteiger partial charge in [0.1, 0.15) is 5.75 Å². The molecule has 5 nitrogen and oxygen atoms in total. The van der Waals surface area contributed by atoms with Crippen LogP contribution < -0.4 is 0 Å². The Balaban J connectivity index is 1.99. The summed E-state index contributed by atoms with van der Waals surface area (Å²) in [5, 5.41) is 9.34. The zero-order chi connectivity index (χ0) is 13.1. The molecule has 1 aliphatic rings. The Labute approximate surface area is 107 Å². The molecule has 1 aromatic rings. The van der Waals surface area contributed by atoms with Crippen molar-refractivity contribution < 1.29 is 9.90 Å². The van der Waals surface area contributed by atoms with Crippen molar-refractivity contribution in [1.29, 1.82) is 0 Å². The number of rotatable bonds is 2. The van der Waals surface area contributed by atoms with Crippen LogP contribution in [0.5, 0.6) is 5.75 Å². The second-order valence-corrected chi connectivity index (χ2v) is 4.92. The molecule has 5 heteroatoms. The van der Waals surface area contributed by atoms with E-state index in [0.717, 1.165) is 25.9 Å². The van der Waals surface area contributed by atoms with Gasteiger partial charge in [0.15, 0.2) is 0 Å². The standard InChI is InChI=1S/C13H19N3O2/c1-15(2)11-3-5-16(6-4-11)13(18)10-7-12(17)9-14-8-10/h7-9,11,17H,3-6H2,1-2H3. The van der Waals surface area contributed by atoms with Gasteiger partial charge in [0, 0.05) is 25.3 Å². The second-order valence-electron chi connectivity index (χ2n) is 4.92. The number of likely N-dealkylation sites (tertiary alicyclic amines) is 1. The molecule has 0 bridgehead atoms. The van der Waals surface area contributed by atoms with Gasteiger partial charge in [-0.25, -0.2) is 0 Å². The number of aromatic hydroxyl groups is 1. The van der Waals surface area contributed by atoms with Crippen LogP contribution in [0.4, 0.5) is 0 Å². The quantitative estimate of drug-likeness (QED) is 0.848. The Hall–Kier alpha value is -1.62. The van der Waals surface area contributed by atoms with Gasteiger partial charge in [-0.1, -0.05) is 0 Å². The number of pyridine rings is 1. The molecule has 0 atom stereocenters. The smallest absolute Gasteiger partial charge is 0.255 e. The highest BCUT2D eigenvalue weighted by atomic mass is 16.3. The minimum atomic E-state index is -0.0457. The van der Waals surface area contributed by atoms with Gasteiger partial charge in [-0.2, -0.15) is 0 Å². The van der Waals surface area contributed by atoms with Crippen LogP contribution in [0, 0.1) is 0 Å². The summed E-state index contributed by atoms with van der Waals surface area (Å²) >= 11 is 0. The van der Waals surface area contributed by atoms with E-state index in [1.807, 2.05) is 4.90 Å². The summed E-state index contributed by atoms with van der Waals surface area (Å²) in [5.74, 6) is -0.0142. The summed E-state index contributed by atoms with van der Waals surface area (Å²) in [7, 11) is 4.14. The summed E-state index contributed by atoms with van der Waals surface area (Å²) in [6.07, 6.45) is 4.81. The first-order valence-corrected chi connectivity index (χ1v) is 6.17. The maximum absolute atomic E-state index is 12.2. The molecule has 1 aliphatic heterocycles. The number of hydrogen-bond acceptors (Lipinski definition) is 4. The monoisotopic (exact) mass is 249 g/mol. The van der Waals surface area contributed by atoms with E-state index in [-0.39, 0.29) is 11.7 Å². The lowest BCUT2D eigenvalue weighted by Crippen LogP contribution is -2.44. The lowest BCUT2D eigenvalue weighted by atomic mass is 10.0. The fraction of sp³-hybridized carbons (Fsp3) is 0.538. The molecule has 0 radical (unpaired) electrons. The number of piperidine rings is 1. The maximum atomic E-state index is 12.2. The first kappa shape index (κ1) is 12.8. The Bertz CT molecular complexity index is 426. The van der Waals surface area contributed by atoms with E-state index in [0.29, 0.717) is 11.6 Å². The minimum Gasteiger partial charge on any atom is -0.506 e. The summed E-state index contributed by atoms with van der Waals surface area (Å²) in [5.41, 5.74) is 0.457. The van der Waals surface area contributed by atoms with Crippen molar-refractivity contribution in [3.8, 4) is 5.75 Å². The van der Waals surface area contributed by atoms with Gasteiger partial charge in [-0.05, 0) is 33.0 Å². The molecule has 2 rings (SSSR count). The third-order valence-corrected chi connectivity index (χ3v) is 3.45. The maximum Gasteiger partial charge on any atom is 0.255 e. The average Bonchev–Trinajstić information content (AvgIpc) is 2.38. The Morgan fingerprint density at radius 2 is 2.06 bits per heavy atom. The molecule has 1 fully saturated rings. The van der Waals surface area contributed by atoms with Gasteiger partial charge in [-0.3, -0.25) is 9.78 Å². The van der Waals surface area contributed by atoms with Gasteiger partial charge in [0.2, 0.25) is 0 Å². The van der Waals surface area contributed by atoms with Crippen LogP contribution in [-0.2, 0) is 0 Å². The zero-order valence-electron chi connectivity index (χ0n) is 10.8. The van der Waals surface area contributed by atoms with E-state index in [2.05, 4.69) is 24.0 Å². The van der Waals surface area contributed by atoms with Crippen LogP contribution in [-0.4, -0.2) is 59.0 Å². The predicted molar refractivity (Wildman–Crippen MR) is 68.5 cm³/mol. The van der Waals surface area contributed by atoms with Crippen molar-refractivity contribution in [2.45, 2.75) is 18.9 Å². The number of hydrogen-bond donors (Lipinski definition) is 1. The second kappa shape index (κ2) is 5.35. The predicted octanol–water partition coefficient (Wildman–Crippen LogP) is 0.953. The first-order chi connectivity index (χ1) is 8.58. The summed E-state index contributed by atoms with van der Waals surface area (Å²) < 4.78 is 0. The van der Waals surface area contributed by atoms with Crippen molar-refractivity contribution in [2.75, 3.05) is 27.2 Å². The van der Waals surface area contributed by atoms with Gasteiger partial charge in [0.25, 0.3) is 5.91 Å². The van der Waals surface area contributed by atoms with Crippen LogP contribution >= 0.6 is 0 Å². The lowest BCUT2D eigenvalue weighted by Gasteiger charge is -2.35.